The van der Waals surface area contributed by atoms with E-state index in [1.54, 1.807) is 0 Å². The molecule has 2 rings (SSSR count). The molecule has 0 fully saturated rings. The molecule has 1 aromatic rings. The normalized spacial score (nSPS) is 15.4. The van der Waals surface area contributed by atoms with Crippen LogP contribution in [-0.4, -0.2) is 23.8 Å². The van der Waals surface area contributed by atoms with Gasteiger partial charge in [-0.2, -0.15) is 0 Å². The Morgan fingerprint density at radius 3 is 3.07 bits per heavy atom. The second-order valence-corrected chi connectivity index (χ2v) is 3.15. The summed E-state index contributed by atoms with van der Waals surface area (Å²) >= 11 is 0. The smallest absolute Gasteiger partial charge is 0.128 e. The van der Waals surface area contributed by atoms with Gasteiger partial charge in [0.1, 0.15) is 5.84 Å². The highest BCUT2D eigenvalue weighted by Crippen LogP contribution is 2.25. The highest BCUT2D eigenvalue weighted by Gasteiger charge is 2.09. The summed E-state index contributed by atoms with van der Waals surface area (Å²) < 4.78 is 0. The van der Waals surface area contributed by atoms with Crippen molar-refractivity contribution in [2.45, 2.75) is 12.8 Å². The highest BCUT2D eigenvalue weighted by atomic mass is 16.2. The van der Waals surface area contributed by atoms with Crippen LogP contribution in [0.25, 0.3) is 0 Å². The van der Waals surface area contributed by atoms with Crippen molar-refractivity contribution in [1.82, 2.24) is 0 Å². The van der Waals surface area contributed by atoms with E-state index in [1.165, 1.54) is 11.8 Å². The van der Waals surface area contributed by atoms with Crippen molar-refractivity contribution in [2.75, 3.05) is 6.61 Å². The number of benzene rings is 1. The molecule has 1 aliphatic rings. The number of aliphatic imine (C=N–C) groups is 2. The minimum atomic E-state index is -0.0271. The van der Waals surface area contributed by atoms with Crippen molar-refractivity contribution >= 4 is 17.7 Å². The zero-order valence-electron chi connectivity index (χ0n) is 7.85. The average Bonchev–Trinajstić information content (AvgIpc) is 2.26. The van der Waals surface area contributed by atoms with Crippen LogP contribution in [0, 0.1) is 0 Å². The lowest BCUT2D eigenvalue weighted by atomic mass is 10.0. The molecular weight excluding hydrogens is 176 g/mol. The lowest BCUT2D eigenvalue weighted by molar-refractivity contribution is 0.362. The van der Waals surface area contributed by atoms with Crippen LogP contribution in [0.2, 0.25) is 0 Å². The summed E-state index contributed by atoms with van der Waals surface area (Å²) in [5.41, 5.74) is 2.28. The number of amidine groups is 1. The van der Waals surface area contributed by atoms with E-state index >= 15 is 0 Å². The summed E-state index contributed by atoms with van der Waals surface area (Å²) in [6.45, 7) is -0.0271. The first kappa shape index (κ1) is 9.09. The van der Waals surface area contributed by atoms with E-state index in [0.717, 1.165) is 24.4 Å². The molecule has 0 spiro atoms. The predicted octanol–water partition coefficient (Wildman–Crippen LogP) is 1.73. The van der Waals surface area contributed by atoms with Gasteiger partial charge < -0.3 is 5.11 Å². The number of fused-ring (bicyclic) bond motifs is 1. The minimum absolute atomic E-state index is 0.0271. The summed E-state index contributed by atoms with van der Waals surface area (Å²) in [5.74, 6) is 0.803. The highest BCUT2D eigenvalue weighted by molar-refractivity contribution is 5.93. The van der Waals surface area contributed by atoms with Gasteiger partial charge in [-0.25, -0.2) is 9.98 Å². The molecular formula is C11H12N2O. The van der Waals surface area contributed by atoms with Crippen LogP contribution in [-0.2, 0) is 6.42 Å². The molecule has 0 radical (unpaired) electrons. The van der Waals surface area contributed by atoms with Crippen LogP contribution in [0.15, 0.2) is 34.3 Å². The molecule has 1 aromatic carbocycles. The van der Waals surface area contributed by atoms with Gasteiger partial charge in [-0.15, -0.1) is 0 Å². The molecule has 1 N–H and O–H groups in total. The zero-order chi connectivity index (χ0) is 9.80. The second-order valence-electron chi connectivity index (χ2n) is 3.15. The maximum Gasteiger partial charge on any atom is 0.128 e. The second kappa shape index (κ2) is 4.15. The maximum absolute atomic E-state index is 8.59. The molecule has 0 saturated heterocycles. The summed E-state index contributed by atoms with van der Waals surface area (Å²) in [6.07, 6.45) is 3.32. The van der Waals surface area contributed by atoms with Gasteiger partial charge in [-0.3, -0.25) is 0 Å². The first-order chi connectivity index (χ1) is 6.90. The molecule has 0 bridgehead atoms. The number of hydrogen-bond acceptors (Lipinski definition) is 3. The molecule has 1 aliphatic heterocycles. The molecule has 0 unspecified atom stereocenters. The molecule has 1 heterocycles. The predicted molar refractivity (Wildman–Crippen MR) is 57.4 cm³/mol. The van der Waals surface area contributed by atoms with E-state index in [9.17, 15) is 0 Å². The van der Waals surface area contributed by atoms with Gasteiger partial charge in [0.05, 0.1) is 12.3 Å². The van der Waals surface area contributed by atoms with Crippen LogP contribution >= 0.6 is 0 Å². The molecule has 0 saturated carbocycles. The first-order valence-corrected chi connectivity index (χ1v) is 4.69. The van der Waals surface area contributed by atoms with Crippen LogP contribution in [0.1, 0.15) is 12.0 Å². The van der Waals surface area contributed by atoms with Gasteiger partial charge >= 0.3 is 0 Å². The quantitative estimate of drug-likeness (QED) is 0.670. The Kier molecular flexibility index (Phi) is 2.70. The van der Waals surface area contributed by atoms with Crippen molar-refractivity contribution in [2.24, 2.45) is 9.98 Å². The van der Waals surface area contributed by atoms with Gasteiger partial charge in [-0.05, 0) is 18.1 Å². The molecule has 3 heteroatoms. The Balaban J connectivity index is 2.27. The van der Waals surface area contributed by atoms with Crippen LogP contribution < -0.4 is 0 Å². The fraction of sp³-hybridized carbons (Fsp3) is 0.273. The van der Waals surface area contributed by atoms with Gasteiger partial charge in [0.15, 0.2) is 0 Å². The van der Waals surface area contributed by atoms with Gasteiger partial charge in [0.2, 0.25) is 0 Å². The Morgan fingerprint density at radius 2 is 2.21 bits per heavy atom. The van der Waals surface area contributed by atoms with Crippen molar-refractivity contribution in [3.63, 3.8) is 0 Å². The number of nitrogens with zero attached hydrogens (tertiary/aromatic N) is 2. The molecule has 3 nitrogen and oxygen atoms in total. The Bertz CT molecular complexity index is 383. The van der Waals surface area contributed by atoms with Crippen LogP contribution in [0.3, 0.4) is 0 Å². The Labute approximate surface area is 82.8 Å². The van der Waals surface area contributed by atoms with E-state index in [-0.39, 0.29) is 6.61 Å². The molecule has 14 heavy (non-hydrogen) atoms. The SMILES string of the molecule is OCC=NC1=Nc2ccccc2CC1. The third-order valence-electron chi connectivity index (χ3n) is 2.18. The fourth-order valence-corrected chi connectivity index (χ4v) is 1.51. The van der Waals surface area contributed by atoms with E-state index in [2.05, 4.69) is 16.1 Å². The average molecular weight is 188 g/mol. The van der Waals surface area contributed by atoms with E-state index in [4.69, 9.17) is 5.11 Å². The van der Waals surface area contributed by atoms with E-state index < -0.39 is 0 Å². The van der Waals surface area contributed by atoms with Gasteiger partial charge in [0, 0.05) is 12.6 Å². The van der Waals surface area contributed by atoms with Crippen molar-refractivity contribution in [3.8, 4) is 0 Å². The number of rotatable bonds is 1. The molecule has 0 amide bonds. The van der Waals surface area contributed by atoms with Crippen molar-refractivity contribution in [1.29, 1.82) is 0 Å². The molecule has 0 aliphatic carbocycles. The lowest BCUT2D eigenvalue weighted by Crippen LogP contribution is -2.04. The topological polar surface area (TPSA) is 45.0 Å². The number of hydrogen-bond donors (Lipinski definition) is 1. The summed E-state index contributed by atoms with van der Waals surface area (Å²) in [6, 6.07) is 8.08. The lowest BCUT2D eigenvalue weighted by Gasteiger charge is -2.11. The Hall–Kier alpha value is -1.48. The van der Waals surface area contributed by atoms with E-state index in [0.29, 0.717) is 0 Å². The number of para-hydroxylation sites is 1. The monoisotopic (exact) mass is 188 g/mol. The first-order valence-electron chi connectivity index (χ1n) is 4.69. The fourth-order valence-electron chi connectivity index (χ4n) is 1.51. The molecule has 0 aromatic heterocycles. The molecule has 0 atom stereocenters. The van der Waals surface area contributed by atoms with Crippen LogP contribution in [0.4, 0.5) is 5.69 Å². The van der Waals surface area contributed by atoms with E-state index in [1.807, 2.05) is 18.2 Å². The zero-order valence-corrected chi connectivity index (χ0v) is 7.85. The standard InChI is InChI=1S/C11H12N2O/c14-8-7-12-11-6-5-9-3-1-2-4-10(9)13-11/h1-4,7,14H,5-6,8H2. The van der Waals surface area contributed by atoms with Crippen molar-refractivity contribution < 1.29 is 5.11 Å². The Morgan fingerprint density at radius 1 is 1.36 bits per heavy atom. The largest absolute Gasteiger partial charge is 0.391 e. The van der Waals surface area contributed by atoms with Gasteiger partial charge in [0.25, 0.3) is 0 Å². The summed E-state index contributed by atoms with van der Waals surface area (Å²) in [5, 5.41) is 8.59. The summed E-state index contributed by atoms with van der Waals surface area (Å²) in [7, 11) is 0. The van der Waals surface area contributed by atoms with Crippen LogP contribution in [0.5, 0.6) is 0 Å². The number of aryl methyl sites for hydroxylation is 1. The summed E-state index contributed by atoms with van der Waals surface area (Å²) in [4.78, 5) is 8.47. The number of aliphatic hydroxyl groups excluding tert-OH is 1. The van der Waals surface area contributed by atoms with Crippen molar-refractivity contribution in [3.05, 3.63) is 29.8 Å². The molecule has 72 valence electrons. The third kappa shape index (κ3) is 1.88. The third-order valence-corrected chi connectivity index (χ3v) is 2.18. The number of aliphatic hydroxyl groups is 1. The maximum atomic E-state index is 8.59. The van der Waals surface area contributed by atoms with Gasteiger partial charge in [-0.1, -0.05) is 18.2 Å². The minimum Gasteiger partial charge on any atom is -0.391 e.